The molecule has 1 amide bonds. The predicted octanol–water partition coefficient (Wildman–Crippen LogP) is 3.59. The summed E-state index contributed by atoms with van der Waals surface area (Å²) in [5.74, 6) is 1.43. The van der Waals surface area contributed by atoms with Crippen LogP contribution in [-0.4, -0.2) is 24.4 Å². The van der Waals surface area contributed by atoms with Crippen molar-refractivity contribution in [2.45, 2.75) is 20.5 Å². The van der Waals surface area contributed by atoms with Gasteiger partial charge >= 0.3 is 0 Å². The smallest absolute Gasteiger partial charge is 0.289 e. The molecule has 0 N–H and O–H groups in total. The van der Waals surface area contributed by atoms with Gasteiger partial charge in [-0.1, -0.05) is 32.0 Å². The maximum absolute atomic E-state index is 12.4. The highest BCUT2D eigenvalue weighted by Crippen LogP contribution is 2.17. The van der Waals surface area contributed by atoms with Gasteiger partial charge in [0.15, 0.2) is 5.76 Å². The number of hydrogen-bond donors (Lipinski definition) is 0. The van der Waals surface area contributed by atoms with Crippen LogP contribution in [0.25, 0.3) is 0 Å². The largest absolute Gasteiger partial charge is 0.489 e. The van der Waals surface area contributed by atoms with Gasteiger partial charge in [0.05, 0.1) is 6.26 Å². The summed E-state index contributed by atoms with van der Waals surface area (Å²) in [6.07, 6.45) is 1.53. The van der Waals surface area contributed by atoms with E-state index in [1.807, 2.05) is 30.3 Å². The molecule has 112 valence electrons. The van der Waals surface area contributed by atoms with Gasteiger partial charge in [0.1, 0.15) is 12.4 Å². The minimum atomic E-state index is -0.111. The number of rotatable bonds is 6. The second-order valence-corrected chi connectivity index (χ2v) is 5.46. The first-order valence-corrected chi connectivity index (χ1v) is 7.07. The minimum absolute atomic E-state index is 0.111. The zero-order valence-corrected chi connectivity index (χ0v) is 12.7. The zero-order chi connectivity index (χ0) is 15.2. The summed E-state index contributed by atoms with van der Waals surface area (Å²) < 4.78 is 11.0. The van der Waals surface area contributed by atoms with E-state index < -0.39 is 0 Å². The van der Waals surface area contributed by atoms with E-state index in [4.69, 9.17) is 9.15 Å². The Hall–Kier alpha value is -2.23. The number of nitrogens with zero attached hydrogens (tertiary/aromatic N) is 1. The van der Waals surface area contributed by atoms with Gasteiger partial charge in [-0.25, -0.2) is 0 Å². The third-order valence-corrected chi connectivity index (χ3v) is 3.06. The standard InChI is InChI=1S/C17H21NO3/c1-13(2)11-18(3)17(19)16-14(9-10-20-16)12-21-15-7-5-4-6-8-15/h4-10,13H,11-12H2,1-3H3. The molecule has 0 aliphatic rings. The number of benzene rings is 1. The number of ether oxygens (including phenoxy) is 1. The molecule has 0 fully saturated rings. The third-order valence-electron chi connectivity index (χ3n) is 3.06. The lowest BCUT2D eigenvalue weighted by Gasteiger charge is -2.18. The molecule has 1 aromatic carbocycles. The maximum Gasteiger partial charge on any atom is 0.289 e. The Morgan fingerprint density at radius 3 is 2.62 bits per heavy atom. The van der Waals surface area contributed by atoms with Gasteiger partial charge in [0, 0.05) is 19.2 Å². The number of para-hydroxylation sites is 1. The Labute approximate surface area is 125 Å². The monoisotopic (exact) mass is 287 g/mol. The van der Waals surface area contributed by atoms with Crippen molar-refractivity contribution >= 4 is 5.91 Å². The number of hydrogen-bond acceptors (Lipinski definition) is 3. The maximum atomic E-state index is 12.4. The fourth-order valence-electron chi connectivity index (χ4n) is 2.12. The summed E-state index contributed by atoms with van der Waals surface area (Å²) in [4.78, 5) is 14.0. The highest BCUT2D eigenvalue weighted by atomic mass is 16.5. The van der Waals surface area contributed by atoms with Gasteiger partial charge < -0.3 is 14.1 Å². The lowest BCUT2D eigenvalue weighted by molar-refractivity contribution is 0.0744. The van der Waals surface area contributed by atoms with E-state index in [9.17, 15) is 4.79 Å². The Balaban J connectivity index is 2.03. The first-order chi connectivity index (χ1) is 10.1. The van der Waals surface area contributed by atoms with Gasteiger partial charge in [-0.05, 0) is 24.1 Å². The normalized spacial score (nSPS) is 10.7. The van der Waals surface area contributed by atoms with Crippen LogP contribution in [0.3, 0.4) is 0 Å². The Morgan fingerprint density at radius 1 is 1.24 bits per heavy atom. The van der Waals surface area contributed by atoms with Gasteiger partial charge in [-0.3, -0.25) is 4.79 Å². The van der Waals surface area contributed by atoms with Crippen LogP contribution in [0.15, 0.2) is 47.1 Å². The minimum Gasteiger partial charge on any atom is -0.489 e. The Morgan fingerprint density at radius 2 is 1.95 bits per heavy atom. The van der Waals surface area contributed by atoms with E-state index in [1.165, 1.54) is 6.26 Å². The molecule has 1 heterocycles. The third kappa shape index (κ3) is 4.12. The summed E-state index contributed by atoms with van der Waals surface area (Å²) in [5.41, 5.74) is 0.763. The van der Waals surface area contributed by atoms with E-state index >= 15 is 0 Å². The molecular formula is C17H21NO3. The molecule has 4 heteroatoms. The zero-order valence-electron chi connectivity index (χ0n) is 12.7. The highest BCUT2D eigenvalue weighted by molar-refractivity contribution is 5.92. The number of carbonyl (C=O) groups is 1. The first-order valence-electron chi connectivity index (χ1n) is 7.07. The predicted molar refractivity (Wildman–Crippen MR) is 81.3 cm³/mol. The summed E-state index contributed by atoms with van der Waals surface area (Å²) in [6, 6.07) is 11.3. The molecule has 21 heavy (non-hydrogen) atoms. The average molecular weight is 287 g/mol. The van der Waals surface area contributed by atoms with Crippen molar-refractivity contribution in [3.8, 4) is 5.75 Å². The lowest BCUT2D eigenvalue weighted by atomic mass is 10.2. The summed E-state index contributed by atoms with van der Waals surface area (Å²) in [6.45, 7) is 5.16. The van der Waals surface area contributed by atoms with Crippen molar-refractivity contribution < 1.29 is 13.9 Å². The number of carbonyl (C=O) groups excluding carboxylic acids is 1. The van der Waals surface area contributed by atoms with Crippen molar-refractivity contribution in [3.05, 3.63) is 54.0 Å². The van der Waals surface area contributed by atoms with E-state index in [0.717, 1.165) is 11.3 Å². The van der Waals surface area contributed by atoms with Crippen molar-refractivity contribution in [2.24, 2.45) is 5.92 Å². The Bertz CT molecular complexity index is 575. The molecule has 0 saturated heterocycles. The molecule has 0 radical (unpaired) electrons. The Kier molecular flexibility index (Phi) is 5.04. The van der Waals surface area contributed by atoms with E-state index in [0.29, 0.717) is 24.8 Å². The summed E-state index contributed by atoms with van der Waals surface area (Å²) in [5, 5.41) is 0. The van der Waals surface area contributed by atoms with E-state index in [1.54, 1.807) is 18.0 Å². The van der Waals surface area contributed by atoms with Gasteiger partial charge in [-0.15, -0.1) is 0 Å². The molecule has 4 nitrogen and oxygen atoms in total. The van der Waals surface area contributed by atoms with Crippen LogP contribution < -0.4 is 4.74 Å². The molecule has 0 spiro atoms. The van der Waals surface area contributed by atoms with Crippen molar-refractivity contribution in [2.75, 3.05) is 13.6 Å². The van der Waals surface area contributed by atoms with Gasteiger partial charge in [0.25, 0.3) is 5.91 Å². The topological polar surface area (TPSA) is 42.7 Å². The molecule has 2 aromatic rings. The number of furan rings is 1. The van der Waals surface area contributed by atoms with Crippen LogP contribution in [0.1, 0.15) is 30.0 Å². The molecule has 0 atom stereocenters. The second kappa shape index (κ2) is 6.97. The van der Waals surface area contributed by atoms with Crippen molar-refractivity contribution in [1.29, 1.82) is 0 Å². The quantitative estimate of drug-likeness (QED) is 0.815. The molecule has 0 unspecified atom stereocenters. The van der Waals surface area contributed by atoms with E-state index in [2.05, 4.69) is 13.8 Å². The van der Waals surface area contributed by atoms with Gasteiger partial charge in [-0.2, -0.15) is 0 Å². The van der Waals surface area contributed by atoms with Crippen molar-refractivity contribution in [1.82, 2.24) is 4.90 Å². The average Bonchev–Trinajstić information content (AvgIpc) is 2.93. The van der Waals surface area contributed by atoms with Crippen LogP contribution in [0.4, 0.5) is 0 Å². The fourth-order valence-corrected chi connectivity index (χ4v) is 2.12. The summed E-state index contributed by atoms with van der Waals surface area (Å²) >= 11 is 0. The molecule has 0 bridgehead atoms. The van der Waals surface area contributed by atoms with Crippen LogP contribution in [-0.2, 0) is 6.61 Å². The van der Waals surface area contributed by atoms with Crippen molar-refractivity contribution in [3.63, 3.8) is 0 Å². The first kappa shape index (κ1) is 15.2. The van der Waals surface area contributed by atoms with Gasteiger partial charge in [0.2, 0.25) is 0 Å². The second-order valence-electron chi connectivity index (χ2n) is 5.46. The van der Waals surface area contributed by atoms with E-state index in [-0.39, 0.29) is 5.91 Å². The molecule has 2 rings (SSSR count). The van der Waals surface area contributed by atoms with Crippen LogP contribution in [0, 0.1) is 5.92 Å². The number of amides is 1. The fraction of sp³-hybridized carbons (Fsp3) is 0.353. The SMILES string of the molecule is CC(C)CN(C)C(=O)c1occc1COc1ccccc1. The molecular weight excluding hydrogens is 266 g/mol. The highest BCUT2D eigenvalue weighted by Gasteiger charge is 2.20. The lowest BCUT2D eigenvalue weighted by Crippen LogP contribution is -2.30. The molecule has 1 aromatic heterocycles. The molecule has 0 aliphatic heterocycles. The van der Waals surface area contributed by atoms with Crippen LogP contribution >= 0.6 is 0 Å². The van der Waals surface area contributed by atoms with Crippen LogP contribution in [0.2, 0.25) is 0 Å². The molecule has 0 saturated carbocycles. The summed E-state index contributed by atoms with van der Waals surface area (Å²) in [7, 11) is 1.78. The molecule has 0 aliphatic carbocycles. The van der Waals surface area contributed by atoms with Crippen LogP contribution in [0.5, 0.6) is 5.75 Å².